The molecule has 12 heteroatoms. The number of rotatable bonds is 7. The van der Waals surface area contributed by atoms with Crippen LogP contribution >= 0.6 is 11.3 Å². The summed E-state index contributed by atoms with van der Waals surface area (Å²) in [7, 11) is 5.51. The normalized spacial score (nSPS) is 11.3. The Morgan fingerprint density at radius 3 is 2.25 bits per heavy atom. The minimum atomic E-state index is -0.635. The van der Waals surface area contributed by atoms with Crippen molar-refractivity contribution in [1.82, 2.24) is 4.57 Å². The second-order valence-electron chi connectivity index (χ2n) is 6.29. The minimum absolute atomic E-state index is 0.156. The number of nitrogens with zero attached hydrogens (tertiary/aromatic N) is 3. The first-order valence-corrected chi connectivity index (χ1v) is 9.88. The van der Waals surface area contributed by atoms with Crippen molar-refractivity contribution in [1.29, 1.82) is 0 Å². The Bertz CT molecular complexity index is 1250. The van der Waals surface area contributed by atoms with Crippen molar-refractivity contribution in [2.24, 2.45) is 4.99 Å². The summed E-state index contributed by atoms with van der Waals surface area (Å²) in [5.74, 6) is -0.358. The van der Waals surface area contributed by atoms with Crippen molar-refractivity contribution in [2.45, 2.75) is 6.54 Å². The van der Waals surface area contributed by atoms with Gasteiger partial charge in [-0.2, -0.15) is 4.99 Å². The van der Waals surface area contributed by atoms with Crippen molar-refractivity contribution >= 4 is 39.1 Å². The predicted molar refractivity (Wildman–Crippen MR) is 114 cm³/mol. The number of carbonyl (C=O) groups is 2. The van der Waals surface area contributed by atoms with Gasteiger partial charge >= 0.3 is 5.97 Å². The summed E-state index contributed by atoms with van der Waals surface area (Å²) in [5.41, 5.74) is 0.384. The minimum Gasteiger partial charge on any atom is -0.493 e. The van der Waals surface area contributed by atoms with Crippen LogP contribution in [0.2, 0.25) is 0 Å². The molecule has 0 aliphatic rings. The fourth-order valence-electron chi connectivity index (χ4n) is 2.96. The SMILES string of the molecule is COC(=O)Cn1c(=NC(=O)c2cc(OC)c(OC)c(OC)c2)sc2ccc([N+](=O)[O-])cc21. The number of nitro benzene ring substituents is 1. The maximum Gasteiger partial charge on any atom is 0.325 e. The van der Waals surface area contributed by atoms with Crippen LogP contribution in [0.5, 0.6) is 17.2 Å². The van der Waals surface area contributed by atoms with Crippen LogP contribution in [-0.4, -0.2) is 49.8 Å². The quantitative estimate of drug-likeness (QED) is 0.298. The number of methoxy groups -OCH3 is 4. The molecule has 168 valence electrons. The van der Waals surface area contributed by atoms with E-state index in [2.05, 4.69) is 4.99 Å². The lowest BCUT2D eigenvalue weighted by molar-refractivity contribution is -0.384. The van der Waals surface area contributed by atoms with E-state index in [1.165, 1.54) is 63.3 Å². The highest BCUT2D eigenvalue weighted by molar-refractivity contribution is 7.16. The van der Waals surface area contributed by atoms with Gasteiger partial charge in [0.2, 0.25) is 5.75 Å². The summed E-state index contributed by atoms with van der Waals surface area (Å²) < 4.78 is 22.5. The summed E-state index contributed by atoms with van der Waals surface area (Å²) in [6.45, 7) is -0.279. The van der Waals surface area contributed by atoms with E-state index in [1.807, 2.05) is 0 Å². The predicted octanol–water partition coefficient (Wildman–Crippen LogP) is 2.55. The van der Waals surface area contributed by atoms with Gasteiger partial charge in [-0.25, -0.2) is 0 Å². The van der Waals surface area contributed by atoms with E-state index < -0.39 is 16.8 Å². The van der Waals surface area contributed by atoms with Crippen molar-refractivity contribution in [3.63, 3.8) is 0 Å². The summed E-state index contributed by atoms with van der Waals surface area (Å²) in [4.78, 5) is 39.8. The van der Waals surface area contributed by atoms with E-state index in [-0.39, 0.29) is 34.1 Å². The number of amides is 1. The Morgan fingerprint density at radius 1 is 1.06 bits per heavy atom. The van der Waals surface area contributed by atoms with Crippen LogP contribution in [-0.2, 0) is 16.1 Å². The molecule has 0 fully saturated rings. The van der Waals surface area contributed by atoms with Crippen LogP contribution in [0.3, 0.4) is 0 Å². The molecule has 1 amide bonds. The average Bonchev–Trinajstić information content (AvgIpc) is 3.13. The molecule has 0 aliphatic heterocycles. The van der Waals surface area contributed by atoms with Crippen LogP contribution in [0, 0.1) is 10.1 Å². The maximum absolute atomic E-state index is 13.0. The van der Waals surface area contributed by atoms with Gasteiger partial charge in [-0.05, 0) is 18.2 Å². The largest absolute Gasteiger partial charge is 0.493 e. The Kier molecular flexibility index (Phi) is 6.73. The molecule has 0 radical (unpaired) electrons. The molecule has 0 N–H and O–H groups in total. The third-order valence-electron chi connectivity index (χ3n) is 4.50. The number of carbonyl (C=O) groups excluding carboxylic acids is 2. The standard InChI is InChI=1S/C20H19N3O8S/c1-28-14-7-11(8-15(29-2)18(14)31-4)19(25)21-20-22(10-17(24)30-3)13-9-12(23(26)27)5-6-16(13)32-20/h5-9H,10H2,1-4H3. The van der Waals surface area contributed by atoms with Gasteiger partial charge in [0.1, 0.15) is 6.54 Å². The highest BCUT2D eigenvalue weighted by atomic mass is 32.1. The van der Waals surface area contributed by atoms with Crippen molar-refractivity contribution in [3.8, 4) is 17.2 Å². The molecule has 0 saturated carbocycles. The molecule has 0 saturated heterocycles. The van der Waals surface area contributed by atoms with Gasteiger partial charge in [0, 0.05) is 17.7 Å². The lowest BCUT2D eigenvalue weighted by atomic mass is 10.1. The molecule has 3 aromatic rings. The van der Waals surface area contributed by atoms with Gasteiger partial charge in [-0.3, -0.25) is 19.7 Å². The molecule has 2 aromatic carbocycles. The highest BCUT2D eigenvalue weighted by Gasteiger charge is 2.19. The third-order valence-corrected chi connectivity index (χ3v) is 5.56. The van der Waals surface area contributed by atoms with E-state index in [0.29, 0.717) is 16.0 Å². The highest BCUT2D eigenvalue weighted by Crippen LogP contribution is 2.38. The number of hydrogen-bond donors (Lipinski definition) is 0. The van der Waals surface area contributed by atoms with Crippen LogP contribution in [0.1, 0.15) is 10.4 Å². The first-order chi connectivity index (χ1) is 15.3. The number of hydrogen-bond acceptors (Lipinski definition) is 9. The molecule has 3 rings (SSSR count). The van der Waals surface area contributed by atoms with E-state index in [1.54, 1.807) is 0 Å². The van der Waals surface area contributed by atoms with Gasteiger partial charge in [0.15, 0.2) is 16.3 Å². The fraction of sp³-hybridized carbons (Fsp3) is 0.250. The molecule has 0 spiro atoms. The molecule has 11 nitrogen and oxygen atoms in total. The number of ether oxygens (including phenoxy) is 4. The summed E-state index contributed by atoms with van der Waals surface area (Å²) in [5, 5.41) is 11.2. The van der Waals surface area contributed by atoms with Gasteiger partial charge in [-0.1, -0.05) is 11.3 Å². The molecule has 1 aromatic heterocycles. The lowest BCUT2D eigenvalue weighted by Gasteiger charge is -2.12. The smallest absolute Gasteiger partial charge is 0.325 e. The second kappa shape index (κ2) is 9.47. The number of esters is 1. The van der Waals surface area contributed by atoms with E-state index in [9.17, 15) is 19.7 Å². The molecular formula is C20H19N3O8S. The second-order valence-corrected chi connectivity index (χ2v) is 7.30. The van der Waals surface area contributed by atoms with Crippen molar-refractivity contribution < 1.29 is 33.5 Å². The van der Waals surface area contributed by atoms with Crippen LogP contribution < -0.4 is 19.0 Å². The molecule has 0 unspecified atom stereocenters. The lowest BCUT2D eigenvalue weighted by Crippen LogP contribution is -2.22. The summed E-state index contributed by atoms with van der Waals surface area (Å²) in [6.07, 6.45) is 0. The zero-order valence-corrected chi connectivity index (χ0v) is 18.4. The Hall–Kier alpha value is -3.93. The summed E-state index contributed by atoms with van der Waals surface area (Å²) in [6, 6.07) is 7.10. The van der Waals surface area contributed by atoms with E-state index in [4.69, 9.17) is 18.9 Å². The Balaban J connectivity index is 2.18. The van der Waals surface area contributed by atoms with Gasteiger partial charge in [-0.15, -0.1) is 0 Å². The number of non-ortho nitro benzene ring substituents is 1. The van der Waals surface area contributed by atoms with Crippen LogP contribution in [0.25, 0.3) is 10.2 Å². The fourth-order valence-corrected chi connectivity index (χ4v) is 3.97. The molecular weight excluding hydrogens is 442 g/mol. The van der Waals surface area contributed by atoms with Gasteiger partial charge in [0.25, 0.3) is 11.6 Å². The molecule has 0 aliphatic carbocycles. The summed E-state index contributed by atoms with van der Waals surface area (Å²) >= 11 is 1.11. The van der Waals surface area contributed by atoms with E-state index in [0.717, 1.165) is 11.3 Å². The first-order valence-electron chi connectivity index (χ1n) is 9.06. The Morgan fingerprint density at radius 2 is 1.72 bits per heavy atom. The van der Waals surface area contributed by atoms with E-state index >= 15 is 0 Å². The zero-order chi connectivity index (χ0) is 23.4. The molecule has 1 heterocycles. The molecule has 0 atom stereocenters. The number of benzene rings is 2. The third kappa shape index (κ3) is 4.39. The van der Waals surface area contributed by atoms with Gasteiger partial charge in [0.05, 0.1) is 43.6 Å². The monoisotopic (exact) mass is 461 g/mol. The maximum atomic E-state index is 13.0. The van der Waals surface area contributed by atoms with Crippen LogP contribution in [0.4, 0.5) is 5.69 Å². The number of nitro groups is 1. The number of fused-ring (bicyclic) bond motifs is 1. The van der Waals surface area contributed by atoms with Crippen molar-refractivity contribution in [2.75, 3.05) is 28.4 Å². The number of thiazole rings is 1. The van der Waals surface area contributed by atoms with Gasteiger partial charge < -0.3 is 23.5 Å². The molecule has 0 bridgehead atoms. The first kappa shape index (κ1) is 22.7. The van der Waals surface area contributed by atoms with Crippen LogP contribution in [0.15, 0.2) is 35.3 Å². The topological polar surface area (TPSA) is 131 Å². The average molecular weight is 461 g/mol. The molecule has 32 heavy (non-hydrogen) atoms. The zero-order valence-electron chi connectivity index (χ0n) is 17.6. The van der Waals surface area contributed by atoms with Crippen molar-refractivity contribution in [3.05, 3.63) is 50.8 Å². The Labute approximate surface area is 185 Å². The number of aromatic nitrogens is 1.